The first kappa shape index (κ1) is 29.3. The van der Waals surface area contributed by atoms with E-state index in [4.69, 9.17) is 4.74 Å². The molecule has 1 spiro atoms. The van der Waals surface area contributed by atoms with Crippen LogP contribution in [-0.2, 0) is 5.41 Å². The molecule has 3 heteroatoms. The van der Waals surface area contributed by atoms with Gasteiger partial charge in [-0.2, -0.15) is 0 Å². The second-order valence-corrected chi connectivity index (χ2v) is 14.7. The first-order valence-corrected chi connectivity index (χ1v) is 18.6. The molecule has 0 radical (unpaired) electrons. The normalized spacial score (nSPS) is 13.3. The third-order valence-electron chi connectivity index (χ3n) is 10.9. The van der Waals surface area contributed by atoms with Crippen molar-refractivity contribution in [1.82, 2.24) is 0 Å². The van der Waals surface area contributed by atoms with E-state index in [-0.39, 0.29) is 0 Å². The molecule has 0 unspecified atom stereocenters. The van der Waals surface area contributed by atoms with Crippen LogP contribution in [0.15, 0.2) is 188 Å². The number of fused-ring (bicyclic) bond motifs is 12. The Morgan fingerprint density at radius 1 is 0.385 bits per heavy atom. The molecule has 244 valence electrons. The summed E-state index contributed by atoms with van der Waals surface area (Å²) in [5, 5.41) is 2.58. The van der Waals surface area contributed by atoms with Crippen molar-refractivity contribution in [3.8, 4) is 33.8 Å². The summed E-state index contributed by atoms with van der Waals surface area (Å²) in [6.45, 7) is 0. The van der Waals surface area contributed by atoms with Crippen molar-refractivity contribution in [2.24, 2.45) is 0 Å². The van der Waals surface area contributed by atoms with Gasteiger partial charge in [-0.15, -0.1) is 11.3 Å². The van der Waals surface area contributed by atoms with Crippen molar-refractivity contribution >= 4 is 48.6 Å². The lowest BCUT2D eigenvalue weighted by Crippen LogP contribution is -2.32. The Morgan fingerprint density at radius 3 is 1.67 bits per heavy atom. The van der Waals surface area contributed by atoms with Crippen LogP contribution in [0, 0.1) is 0 Å². The fourth-order valence-electron chi connectivity index (χ4n) is 8.71. The van der Waals surface area contributed by atoms with Gasteiger partial charge >= 0.3 is 0 Å². The van der Waals surface area contributed by atoms with Crippen molar-refractivity contribution in [3.63, 3.8) is 0 Å². The zero-order valence-corrected chi connectivity index (χ0v) is 29.0. The van der Waals surface area contributed by atoms with E-state index < -0.39 is 5.41 Å². The minimum Gasteiger partial charge on any atom is -0.457 e. The summed E-state index contributed by atoms with van der Waals surface area (Å²) in [6.07, 6.45) is 0. The monoisotopic (exact) mass is 681 g/mol. The lowest BCUT2D eigenvalue weighted by Gasteiger charge is -2.39. The molecule has 1 aliphatic carbocycles. The smallest absolute Gasteiger partial charge is 0.132 e. The second kappa shape index (κ2) is 11.3. The minimum absolute atomic E-state index is 0.469. The number of hydrogen-bond donors (Lipinski definition) is 0. The molecular formula is C49H31NOS. The van der Waals surface area contributed by atoms with E-state index in [9.17, 15) is 0 Å². The fraction of sp³-hybridized carbons (Fsp3) is 0.0204. The molecule has 0 saturated heterocycles. The number of nitrogens with zero attached hydrogens (tertiary/aromatic N) is 1. The van der Waals surface area contributed by atoms with E-state index in [1.807, 2.05) is 11.3 Å². The van der Waals surface area contributed by atoms with E-state index in [2.05, 4.69) is 193 Å². The van der Waals surface area contributed by atoms with Gasteiger partial charge in [0.2, 0.25) is 0 Å². The zero-order valence-electron chi connectivity index (χ0n) is 28.2. The van der Waals surface area contributed by atoms with Gasteiger partial charge in [0, 0.05) is 48.4 Å². The molecule has 0 atom stereocenters. The summed E-state index contributed by atoms with van der Waals surface area (Å²) >= 11 is 1.88. The molecule has 0 saturated carbocycles. The standard InChI is InChI=1S/C49H31NOS/c1-3-13-32(14-4-1)33-23-25-35(26-24-33)50(34-15-5-2-6-16-34)36-27-28-38-40-30-39-37-17-7-8-18-41(37)49(44(39)31-48(40)52-47(38)29-36)42-19-9-11-21-45(42)51-46-22-12-10-20-43(46)49/h1-31H. The molecule has 0 fully saturated rings. The van der Waals surface area contributed by atoms with E-state index in [1.165, 1.54) is 64.7 Å². The van der Waals surface area contributed by atoms with Crippen LogP contribution < -0.4 is 9.64 Å². The molecule has 0 bridgehead atoms. The van der Waals surface area contributed by atoms with Gasteiger partial charge < -0.3 is 9.64 Å². The number of thiophene rings is 1. The van der Waals surface area contributed by atoms with Crippen LogP contribution in [0.4, 0.5) is 17.1 Å². The summed E-state index contributed by atoms with van der Waals surface area (Å²) < 4.78 is 9.13. The molecule has 0 amide bonds. The molecule has 52 heavy (non-hydrogen) atoms. The van der Waals surface area contributed by atoms with Crippen LogP contribution in [0.25, 0.3) is 42.4 Å². The molecule has 2 nitrogen and oxygen atoms in total. The molecule has 9 aromatic rings. The minimum atomic E-state index is -0.469. The maximum absolute atomic E-state index is 6.57. The van der Waals surface area contributed by atoms with Crippen LogP contribution in [0.2, 0.25) is 0 Å². The van der Waals surface area contributed by atoms with Crippen LogP contribution in [-0.4, -0.2) is 0 Å². The summed E-state index contributed by atoms with van der Waals surface area (Å²) in [5.41, 5.74) is 13.0. The van der Waals surface area contributed by atoms with Crippen molar-refractivity contribution in [2.45, 2.75) is 5.41 Å². The molecule has 8 aromatic carbocycles. The second-order valence-electron chi connectivity index (χ2n) is 13.7. The van der Waals surface area contributed by atoms with Gasteiger partial charge in [0.15, 0.2) is 0 Å². The average molecular weight is 682 g/mol. The highest BCUT2D eigenvalue weighted by molar-refractivity contribution is 7.25. The summed E-state index contributed by atoms with van der Waals surface area (Å²) in [7, 11) is 0. The van der Waals surface area contributed by atoms with Crippen LogP contribution in [0.3, 0.4) is 0 Å². The van der Waals surface area contributed by atoms with Crippen LogP contribution in [0.5, 0.6) is 11.5 Å². The SMILES string of the molecule is c1ccc(-c2ccc(N(c3ccccc3)c3ccc4c(c3)sc3cc5c(cc34)-c3ccccc3C53c4ccccc4Oc4ccccc43)cc2)cc1. The van der Waals surface area contributed by atoms with Crippen LogP contribution >= 0.6 is 11.3 Å². The summed E-state index contributed by atoms with van der Waals surface area (Å²) in [6, 6.07) is 68.2. The Balaban J connectivity index is 1.10. The summed E-state index contributed by atoms with van der Waals surface area (Å²) in [5.74, 6) is 1.84. The topological polar surface area (TPSA) is 12.5 Å². The highest BCUT2D eigenvalue weighted by Crippen LogP contribution is 2.63. The van der Waals surface area contributed by atoms with E-state index in [0.29, 0.717) is 0 Å². The molecule has 1 aliphatic heterocycles. The maximum atomic E-state index is 6.57. The van der Waals surface area contributed by atoms with Gasteiger partial charge in [-0.1, -0.05) is 127 Å². The third-order valence-corrected chi connectivity index (χ3v) is 12.0. The average Bonchev–Trinajstić information content (AvgIpc) is 3.71. The highest BCUT2D eigenvalue weighted by Gasteiger charge is 2.51. The lowest BCUT2D eigenvalue weighted by atomic mass is 9.66. The van der Waals surface area contributed by atoms with Gasteiger partial charge in [0.05, 0.1) is 5.41 Å². The van der Waals surface area contributed by atoms with Crippen molar-refractivity contribution < 1.29 is 4.74 Å². The molecule has 11 rings (SSSR count). The van der Waals surface area contributed by atoms with Crippen molar-refractivity contribution in [2.75, 3.05) is 4.90 Å². The first-order chi connectivity index (χ1) is 25.8. The van der Waals surface area contributed by atoms with Crippen LogP contribution in [0.1, 0.15) is 22.3 Å². The largest absolute Gasteiger partial charge is 0.457 e. The Kier molecular flexibility index (Phi) is 6.37. The number of rotatable bonds is 4. The van der Waals surface area contributed by atoms with Gasteiger partial charge in [0.25, 0.3) is 0 Å². The third kappa shape index (κ3) is 4.17. The zero-order chi connectivity index (χ0) is 34.2. The number of benzene rings is 8. The first-order valence-electron chi connectivity index (χ1n) is 17.8. The van der Waals surface area contributed by atoms with Gasteiger partial charge in [-0.25, -0.2) is 0 Å². The van der Waals surface area contributed by atoms with E-state index in [0.717, 1.165) is 28.6 Å². The Labute approximate surface area is 306 Å². The Hall–Kier alpha value is -6.42. The number of para-hydroxylation sites is 3. The highest BCUT2D eigenvalue weighted by atomic mass is 32.1. The van der Waals surface area contributed by atoms with Crippen molar-refractivity contribution in [1.29, 1.82) is 0 Å². The lowest BCUT2D eigenvalue weighted by molar-refractivity contribution is 0.436. The molecule has 1 aromatic heterocycles. The Bertz CT molecular complexity index is 2770. The quantitative estimate of drug-likeness (QED) is 0.183. The predicted molar refractivity (Wildman–Crippen MR) is 217 cm³/mol. The van der Waals surface area contributed by atoms with Crippen molar-refractivity contribution in [3.05, 3.63) is 210 Å². The molecule has 2 heterocycles. The number of hydrogen-bond acceptors (Lipinski definition) is 3. The summed E-state index contributed by atoms with van der Waals surface area (Å²) in [4.78, 5) is 2.36. The number of anilines is 3. The maximum Gasteiger partial charge on any atom is 0.132 e. The fourth-order valence-corrected chi connectivity index (χ4v) is 9.87. The van der Waals surface area contributed by atoms with E-state index >= 15 is 0 Å². The van der Waals surface area contributed by atoms with Gasteiger partial charge in [-0.05, 0) is 94.0 Å². The number of ether oxygens (including phenoxy) is 1. The predicted octanol–water partition coefficient (Wildman–Crippen LogP) is 13.7. The molecule has 2 aliphatic rings. The van der Waals surface area contributed by atoms with Gasteiger partial charge in [0.1, 0.15) is 11.5 Å². The van der Waals surface area contributed by atoms with Gasteiger partial charge in [-0.3, -0.25) is 0 Å². The van der Waals surface area contributed by atoms with E-state index in [1.54, 1.807) is 0 Å². The molecule has 0 N–H and O–H groups in total. The molecular weight excluding hydrogens is 651 g/mol. The Morgan fingerprint density at radius 2 is 0.942 bits per heavy atom.